The molecule has 1 unspecified atom stereocenters. The van der Waals surface area contributed by atoms with Gasteiger partial charge in [-0.2, -0.15) is 0 Å². The normalized spacial score (nSPS) is 19.2. The van der Waals surface area contributed by atoms with Gasteiger partial charge < -0.3 is 20.5 Å². The second kappa shape index (κ2) is 10.1. The third-order valence-corrected chi connectivity index (χ3v) is 6.60. The van der Waals surface area contributed by atoms with E-state index in [2.05, 4.69) is 34.9 Å². The van der Waals surface area contributed by atoms with Crippen molar-refractivity contribution < 1.29 is 24.2 Å². The van der Waals surface area contributed by atoms with Gasteiger partial charge in [0, 0.05) is 25.4 Å². The highest BCUT2D eigenvalue weighted by Gasteiger charge is 2.42. The van der Waals surface area contributed by atoms with Gasteiger partial charge in [0.05, 0.1) is 5.92 Å². The molecule has 2 aliphatic carbocycles. The fraction of sp³-hybridized carbons (Fsp3) is 0.423. The first-order valence-corrected chi connectivity index (χ1v) is 11.5. The molecule has 1 saturated carbocycles. The Kier molecular flexibility index (Phi) is 6.96. The molecule has 0 spiro atoms. The SMILES string of the molecule is CC(CCC(=O)NC[C@H]1C[C@H]1C(=O)O)CNC(=O)OCC1c2ccccc2-c2ccccc21. The first kappa shape index (κ1) is 22.8. The van der Waals surface area contributed by atoms with Gasteiger partial charge in [0.25, 0.3) is 0 Å². The van der Waals surface area contributed by atoms with Crippen LogP contribution in [0.25, 0.3) is 11.1 Å². The molecule has 0 heterocycles. The number of fused-ring (bicyclic) bond motifs is 3. The van der Waals surface area contributed by atoms with Crippen molar-refractivity contribution in [2.75, 3.05) is 19.7 Å². The number of carbonyl (C=O) groups is 3. The summed E-state index contributed by atoms with van der Waals surface area (Å²) in [7, 11) is 0. The highest BCUT2D eigenvalue weighted by Crippen LogP contribution is 2.44. The van der Waals surface area contributed by atoms with Crippen LogP contribution in [0, 0.1) is 17.8 Å². The summed E-state index contributed by atoms with van der Waals surface area (Å²) in [6.45, 7) is 3.09. The van der Waals surface area contributed by atoms with Gasteiger partial charge in [-0.15, -0.1) is 0 Å². The predicted molar refractivity (Wildman–Crippen MR) is 124 cm³/mol. The molecule has 0 aromatic heterocycles. The summed E-state index contributed by atoms with van der Waals surface area (Å²) in [5.41, 5.74) is 4.72. The quantitative estimate of drug-likeness (QED) is 0.511. The lowest BCUT2D eigenvalue weighted by Crippen LogP contribution is -2.31. The topological polar surface area (TPSA) is 105 Å². The first-order valence-electron chi connectivity index (χ1n) is 11.5. The lowest BCUT2D eigenvalue weighted by Gasteiger charge is -2.16. The van der Waals surface area contributed by atoms with Crippen LogP contribution in [0.1, 0.15) is 43.2 Å². The van der Waals surface area contributed by atoms with Gasteiger partial charge >= 0.3 is 12.1 Å². The summed E-state index contributed by atoms with van der Waals surface area (Å²) in [6, 6.07) is 16.4. The molecule has 0 bridgehead atoms. The zero-order chi connectivity index (χ0) is 23.4. The molecule has 2 aromatic rings. The number of rotatable bonds is 10. The molecule has 1 fully saturated rings. The highest BCUT2D eigenvalue weighted by atomic mass is 16.5. The van der Waals surface area contributed by atoms with Crippen LogP contribution in [0.4, 0.5) is 4.79 Å². The molecule has 33 heavy (non-hydrogen) atoms. The molecule has 0 aliphatic heterocycles. The smallest absolute Gasteiger partial charge is 0.407 e. The lowest BCUT2D eigenvalue weighted by molar-refractivity contribution is -0.139. The minimum atomic E-state index is -0.790. The van der Waals surface area contributed by atoms with Crippen LogP contribution in [0.5, 0.6) is 0 Å². The third kappa shape index (κ3) is 5.53. The third-order valence-electron chi connectivity index (χ3n) is 6.60. The molecule has 0 radical (unpaired) electrons. The van der Waals surface area contributed by atoms with E-state index in [0.29, 0.717) is 32.4 Å². The molecule has 174 valence electrons. The number of hydrogen-bond donors (Lipinski definition) is 3. The van der Waals surface area contributed by atoms with Crippen molar-refractivity contribution in [3.05, 3.63) is 59.7 Å². The van der Waals surface area contributed by atoms with Gasteiger partial charge in [-0.1, -0.05) is 55.5 Å². The number of carboxylic acid groups (broad SMARTS) is 1. The van der Waals surface area contributed by atoms with Crippen LogP contribution in [0.15, 0.2) is 48.5 Å². The van der Waals surface area contributed by atoms with Gasteiger partial charge in [-0.3, -0.25) is 9.59 Å². The Morgan fingerprint density at radius 2 is 1.67 bits per heavy atom. The molecule has 0 saturated heterocycles. The van der Waals surface area contributed by atoms with Crippen molar-refractivity contribution in [3.8, 4) is 11.1 Å². The van der Waals surface area contributed by atoms with Crippen molar-refractivity contribution >= 4 is 18.0 Å². The second-order valence-corrected chi connectivity index (χ2v) is 9.09. The summed E-state index contributed by atoms with van der Waals surface area (Å²) in [4.78, 5) is 35.1. The number of amides is 2. The van der Waals surface area contributed by atoms with Crippen LogP contribution in [-0.2, 0) is 14.3 Å². The molecule has 2 amide bonds. The number of alkyl carbamates (subject to hydrolysis) is 1. The van der Waals surface area contributed by atoms with Crippen molar-refractivity contribution in [1.82, 2.24) is 10.6 Å². The zero-order valence-corrected chi connectivity index (χ0v) is 18.8. The molecule has 3 atom stereocenters. The maximum Gasteiger partial charge on any atom is 0.407 e. The second-order valence-electron chi connectivity index (χ2n) is 9.09. The van der Waals surface area contributed by atoms with E-state index in [1.165, 1.54) is 22.3 Å². The van der Waals surface area contributed by atoms with Crippen LogP contribution in [-0.4, -0.2) is 42.8 Å². The Labute approximate surface area is 193 Å². The fourth-order valence-corrected chi connectivity index (χ4v) is 4.50. The Balaban J connectivity index is 1.16. The van der Waals surface area contributed by atoms with Crippen LogP contribution >= 0.6 is 0 Å². The molecule has 3 N–H and O–H groups in total. The first-order chi connectivity index (χ1) is 15.9. The van der Waals surface area contributed by atoms with Crippen molar-refractivity contribution in [2.45, 2.75) is 32.1 Å². The summed E-state index contributed by atoms with van der Waals surface area (Å²) in [5.74, 6) is -0.994. The maximum absolute atomic E-state index is 12.3. The van der Waals surface area contributed by atoms with Gasteiger partial charge in [-0.25, -0.2) is 4.79 Å². The van der Waals surface area contributed by atoms with Crippen molar-refractivity contribution in [2.24, 2.45) is 17.8 Å². The molecular weight excluding hydrogens is 420 g/mol. The summed E-state index contributed by atoms with van der Waals surface area (Å²) in [5, 5.41) is 14.5. The summed E-state index contributed by atoms with van der Waals surface area (Å²) in [6.07, 6.45) is 1.15. The molecular formula is C26H30N2O5. The minimum absolute atomic E-state index is 0.0245. The van der Waals surface area contributed by atoms with E-state index in [1.807, 2.05) is 31.2 Å². The number of nitrogens with one attached hydrogen (secondary N) is 2. The molecule has 2 aromatic carbocycles. The van der Waals surface area contributed by atoms with Gasteiger partial charge in [0.1, 0.15) is 6.61 Å². The van der Waals surface area contributed by atoms with Crippen LogP contribution in [0.3, 0.4) is 0 Å². The Morgan fingerprint density at radius 1 is 1.03 bits per heavy atom. The number of ether oxygens (including phenoxy) is 1. The van der Waals surface area contributed by atoms with E-state index < -0.39 is 12.1 Å². The van der Waals surface area contributed by atoms with E-state index >= 15 is 0 Å². The van der Waals surface area contributed by atoms with Gasteiger partial charge in [-0.05, 0) is 46.9 Å². The average molecular weight is 451 g/mol. The molecule has 2 aliphatic rings. The van der Waals surface area contributed by atoms with Gasteiger partial charge in [0.2, 0.25) is 5.91 Å². The summed E-state index contributed by atoms with van der Waals surface area (Å²) >= 11 is 0. The van der Waals surface area contributed by atoms with E-state index in [1.54, 1.807) is 0 Å². The van der Waals surface area contributed by atoms with Crippen LogP contribution < -0.4 is 10.6 Å². The minimum Gasteiger partial charge on any atom is -0.481 e. The number of hydrogen-bond acceptors (Lipinski definition) is 4. The molecule has 7 heteroatoms. The van der Waals surface area contributed by atoms with E-state index in [0.717, 1.165) is 0 Å². The average Bonchev–Trinajstić information content (AvgIpc) is 3.54. The number of carboxylic acids is 1. The highest BCUT2D eigenvalue weighted by molar-refractivity contribution is 5.79. The fourth-order valence-electron chi connectivity index (χ4n) is 4.50. The Bertz CT molecular complexity index is 991. The van der Waals surface area contributed by atoms with Crippen molar-refractivity contribution in [1.29, 1.82) is 0 Å². The lowest BCUT2D eigenvalue weighted by atomic mass is 9.98. The number of benzene rings is 2. The van der Waals surface area contributed by atoms with E-state index in [4.69, 9.17) is 9.84 Å². The predicted octanol–water partition coefficient (Wildman–Crippen LogP) is 3.78. The number of carbonyl (C=O) groups excluding carboxylic acids is 2. The zero-order valence-electron chi connectivity index (χ0n) is 18.8. The van der Waals surface area contributed by atoms with Crippen molar-refractivity contribution in [3.63, 3.8) is 0 Å². The Morgan fingerprint density at radius 3 is 2.27 bits per heavy atom. The van der Waals surface area contributed by atoms with Gasteiger partial charge in [0.15, 0.2) is 0 Å². The number of aliphatic carboxylic acids is 1. The van der Waals surface area contributed by atoms with E-state index in [9.17, 15) is 14.4 Å². The maximum atomic E-state index is 12.3. The summed E-state index contributed by atoms with van der Waals surface area (Å²) < 4.78 is 5.54. The molecule has 4 rings (SSSR count). The van der Waals surface area contributed by atoms with E-state index in [-0.39, 0.29) is 36.2 Å². The standard InChI is InChI=1S/C26H30N2O5/c1-16(10-11-24(29)27-14-17-12-22(17)25(30)31)13-28-26(32)33-15-23-20-8-4-2-6-18(20)19-7-3-5-9-21(19)23/h2-9,16-17,22-23H,10-15H2,1H3,(H,27,29)(H,28,32)(H,30,31)/t16?,17-,22-/m1/s1. The largest absolute Gasteiger partial charge is 0.481 e. The Hall–Kier alpha value is -3.35. The van der Waals surface area contributed by atoms with Crippen LogP contribution in [0.2, 0.25) is 0 Å². The monoisotopic (exact) mass is 450 g/mol. The molecule has 7 nitrogen and oxygen atoms in total.